The van der Waals surface area contributed by atoms with Crippen LogP contribution in [0.25, 0.3) is 11.0 Å². The molecule has 1 amide bonds. The first-order valence-electron chi connectivity index (χ1n) is 9.04. The number of hydrogen-bond donors (Lipinski definition) is 1. The van der Waals surface area contributed by atoms with Gasteiger partial charge in [0.15, 0.2) is 0 Å². The zero-order valence-corrected chi connectivity index (χ0v) is 16.1. The average molecular weight is 389 g/mol. The summed E-state index contributed by atoms with van der Waals surface area (Å²) in [6.45, 7) is 2.39. The molecular weight excluding hydrogens is 366 g/mol. The maximum atomic E-state index is 12.7. The number of piperidine rings is 1. The fourth-order valence-electron chi connectivity index (χ4n) is 3.63. The van der Waals surface area contributed by atoms with Crippen LogP contribution in [-0.4, -0.2) is 49.2 Å². The number of aliphatic carboxylic acids is 1. The Kier molecular flexibility index (Phi) is 5.58. The molecule has 1 aromatic carbocycles. The highest BCUT2D eigenvalue weighted by molar-refractivity contribution is 5.90. The number of carboxylic acids is 1. The van der Waals surface area contributed by atoms with E-state index in [0.29, 0.717) is 47.4 Å². The molecule has 1 N–H and O–H groups in total. The van der Waals surface area contributed by atoms with Gasteiger partial charge in [-0.15, -0.1) is 0 Å². The molecular formula is C20H23NO7. The van der Waals surface area contributed by atoms with Gasteiger partial charge in [0.25, 0.3) is 0 Å². The molecule has 1 atom stereocenters. The maximum Gasteiger partial charge on any atom is 0.340 e. The van der Waals surface area contributed by atoms with Crippen molar-refractivity contribution < 1.29 is 28.6 Å². The first kappa shape index (κ1) is 19.7. The van der Waals surface area contributed by atoms with Crippen LogP contribution in [0.4, 0.5) is 0 Å². The van der Waals surface area contributed by atoms with Crippen molar-refractivity contribution in [1.82, 2.24) is 4.90 Å². The number of benzene rings is 1. The van der Waals surface area contributed by atoms with Crippen LogP contribution >= 0.6 is 0 Å². The molecule has 8 nitrogen and oxygen atoms in total. The van der Waals surface area contributed by atoms with Crippen molar-refractivity contribution in [2.75, 3.05) is 27.3 Å². The Labute approximate surface area is 161 Å². The quantitative estimate of drug-likeness (QED) is 0.780. The van der Waals surface area contributed by atoms with Crippen LogP contribution in [0, 0.1) is 12.8 Å². The number of ether oxygens (including phenoxy) is 2. The van der Waals surface area contributed by atoms with Crippen molar-refractivity contribution in [2.45, 2.75) is 26.2 Å². The molecule has 28 heavy (non-hydrogen) atoms. The lowest BCUT2D eigenvalue weighted by Crippen LogP contribution is -2.43. The molecule has 1 aliphatic heterocycles. The molecule has 8 heteroatoms. The van der Waals surface area contributed by atoms with Gasteiger partial charge in [-0.2, -0.15) is 0 Å². The largest absolute Gasteiger partial charge is 0.496 e. The van der Waals surface area contributed by atoms with Gasteiger partial charge in [0.2, 0.25) is 5.91 Å². The van der Waals surface area contributed by atoms with Crippen molar-refractivity contribution >= 4 is 22.8 Å². The standard InChI is InChI=1S/C20H23NO7/c1-11-14(9-17(22)21-6-4-5-12(10-21)19(23)24)20(25)28-16-8-13(26-2)7-15(27-3)18(11)16/h7-8,12H,4-6,9-10H2,1-3H3,(H,23,24)/t12-/m1/s1. The number of likely N-dealkylation sites (tertiary alicyclic amines) is 1. The molecule has 2 aromatic rings. The second-order valence-electron chi connectivity index (χ2n) is 6.89. The van der Waals surface area contributed by atoms with Crippen molar-refractivity contribution in [3.05, 3.63) is 33.7 Å². The van der Waals surface area contributed by atoms with Crippen LogP contribution in [0.15, 0.2) is 21.3 Å². The van der Waals surface area contributed by atoms with Gasteiger partial charge in [0.1, 0.15) is 17.1 Å². The summed E-state index contributed by atoms with van der Waals surface area (Å²) in [5.41, 5.74) is 0.573. The number of rotatable bonds is 5. The third-order valence-corrected chi connectivity index (χ3v) is 5.22. The molecule has 150 valence electrons. The van der Waals surface area contributed by atoms with Crippen molar-refractivity contribution in [3.63, 3.8) is 0 Å². The SMILES string of the molecule is COc1cc(OC)c2c(C)c(CC(=O)N3CCC[C@@H](C(=O)O)C3)c(=O)oc2c1. The predicted octanol–water partition coefficient (Wildman–Crippen LogP) is 1.98. The Morgan fingerprint density at radius 2 is 2.04 bits per heavy atom. The Bertz CT molecular complexity index is 979. The van der Waals surface area contributed by atoms with Gasteiger partial charge >= 0.3 is 11.6 Å². The highest BCUT2D eigenvalue weighted by Gasteiger charge is 2.29. The molecule has 1 fully saturated rings. The van der Waals surface area contributed by atoms with E-state index in [2.05, 4.69) is 0 Å². The van der Waals surface area contributed by atoms with E-state index in [1.165, 1.54) is 19.1 Å². The number of aryl methyl sites for hydroxylation is 1. The molecule has 1 aliphatic rings. The first-order valence-corrected chi connectivity index (χ1v) is 9.04. The maximum absolute atomic E-state index is 12.7. The normalized spacial score (nSPS) is 16.8. The van der Waals surface area contributed by atoms with Gasteiger partial charge in [0, 0.05) is 25.2 Å². The van der Waals surface area contributed by atoms with Crippen molar-refractivity contribution in [3.8, 4) is 11.5 Å². The Morgan fingerprint density at radius 1 is 1.29 bits per heavy atom. The van der Waals surface area contributed by atoms with Crippen LogP contribution < -0.4 is 15.1 Å². The lowest BCUT2D eigenvalue weighted by Gasteiger charge is -2.30. The summed E-state index contributed by atoms with van der Waals surface area (Å²) in [6, 6.07) is 3.28. The lowest BCUT2D eigenvalue weighted by molar-refractivity contribution is -0.145. The molecule has 0 radical (unpaired) electrons. The molecule has 2 heterocycles. The van der Waals surface area contributed by atoms with E-state index in [-0.39, 0.29) is 24.4 Å². The number of amides is 1. The Morgan fingerprint density at radius 3 is 2.68 bits per heavy atom. The molecule has 1 aromatic heterocycles. The number of carboxylic acid groups (broad SMARTS) is 1. The highest BCUT2D eigenvalue weighted by Crippen LogP contribution is 2.34. The van der Waals surface area contributed by atoms with E-state index < -0.39 is 17.5 Å². The van der Waals surface area contributed by atoms with Gasteiger partial charge in [-0.25, -0.2) is 4.79 Å². The van der Waals surface area contributed by atoms with E-state index in [1.807, 2.05) is 0 Å². The van der Waals surface area contributed by atoms with Crippen LogP contribution in [0.3, 0.4) is 0 Å². The topological polar surface area (TPSA) is 106 Å². The zero-order chi connectivity index (χ0) is 20.4. The zero-order valence-electron chi connectivity index (χ0n) is 16.1. The number of carbonyl (C=O) groups is 2. The van der Waals surface area contributed by atoms with Crippen LogP contribution in [0.1, 0.15) is 24.0 Å². The van der Waals surface area contributed by atoms with E-state index in [9.17, 15) is 19.5 Å². The molecule has 3 rings (SSSR count). The van der Waals surface area contributed by atoms with Crippen molar-refractivity contribution in [1.29, 1.82) is 0 Å². The highest BCUT2D eigenvalue weighted by atomic mass is 16.5. The molecule has 0 spiro atoms. The number of fused-ring (bicyclic) bond motifs is 1. The minimum absolute atomic E-state index is 0.147. The number of nitrogens with zero attached hydrogens (tertiary/aromatic N) is 1. The molecule has 1 saturated heterocycles. The fraction of sp³-hybridized carbons (Fsp3) is 0.450. The number of carbonyl (C=O) groups excluding carboxylic acids is 1. The monoisotopic (exact) mass is 389 g/mol. The predicted molar refractivity (Wildman–Crippen MR) is 101 cm³/mol. The molecule has 0 aliphatic carbocycles. The van der Waals surface area contributed by atoms with E-state index in [4.69, 9.17) is 13.9 Å². The van der Waals surface area contributed by atoms with Crippen molar-refractivity contribution in [2.24, 2.45) is 5.92 Å². The first-order chi connectivity index (χ1) is 13.3. The van der Waals surface area contributed by atoms with Gasteiger partial charge in [0.05, 0.1) is 37.5 Å². The summed E-state index contributed by atoms with van der Waals surface area (Å²) in [5.74, 6) is -0.790. The molecule has 0 bridgehead atoms. The second kappa shape index (κ2) is 7.92. The number of methoxy groups -OCH3 is 2. The fourth-order valence-corrected chi connectivity index (χ4v) is 3.63. The summed E-state index contributed by atoms with van der Waals surface area (Å²) >= 11 is 0. The third kappa shape index (κ3) is 3.67. The minimum atomic E-state index is -0.905. The second-order valence-corrected chi connectivity index (χ2v) is 6.89. The lowest BCUT2D eigenvalue weighted by atomic mass is 9.97. The molecule has 0 saturated carbocycles. The van der Waals surface area contributed by atoms with E-state index in [0.717, 1.165) is 0 Å². The summed E-state index contributed by atoms with van der Waals surface area (Å²) in [5, 5.41) is 9.81. The minimum Gasteiger partial charge on any atom is -0.496 e. The third-order valence-electron chi connectivity index (χ3n) is 5.22. The summed E-state index contributed by atoms with van der Waals surface area (Å²) in [4.78, 5) is 38.0. The van der Waals surface area contributed by atoms with E-state index in [1.54, 1.807) is 19.1 Å². The van der Waals surface area contributed by atoms with Gasteiger partial charge < -0.3 is 23.9 Å². The number of hydrogen-bond acceptors (Lipinski definition) is 6. The Hall–Kier alpha value is -3.03. The molecule has 0 unspecified atom stereocenters. The smallest absolute Gasteiger partial charge is 0.340 e. The van der Waals surface area contributed by atoms with Gasteiger partial charge in [-0.1, -0.05) is 0 Å². The van der Waals surface area contributed by atoms with Crippen LogP contribution in [0.5, 0.6) is 11.5 Å². The van der Waals surface area contributed by atoms with Gasteiger partial charge in [-0.05, 0) is 25.3 Å². The summed E-state index contributed by atoms with van der Waals surface area (Å²) < 4.78 is 16.0. The Balaban J connectivity index is 1.96. The average Bonchev–Trinajstić information content (AvgIpc) is 2.69. The summed E-state index contributed by atoms with van der Waals surface area (Å²) in [7, 11) is 3.00. The van der Waals surface area contributed by atoms with Crippen LogP contribution in [0.2, 0.25) is 0 Å². The summed E-state index contributed by atoms with van der Waals surface area (Å²) in [6.07, 6.45) is 1.03. The van der Waals surface area contributed by atoms with Crippen LogP contribution in [-0.2, 0) is 16.0 Å². The van der Waals surface area contributed by atoms with Gasteiger partial charge in [-0.3, -0.25) is 9.59 Å². The van der Waals surface area contributed by atoms with E-state index >= 15 is 0 Å².